The smallest absolute Gasteiger partial charge is 0.425 e. The first kappa shape index (κ1) is 17.7. The Morgan fingerprint density at radius 2 is 1.70 bits per heavy atom. The Hall–Kier alpha value is -1.66. The molecule has 0 heterocycles. The lowest BCUT2D eigenvalue weighted by atomic mass is 10.3. The van der Waals surface area contributed by atoms with E-state index in [4.69, 9.17) is 9.47 Å². The number of ether oxygens (including phenoxy) is 2. The first-order chi connectivity index (χ1) is 11.0. The highest BCUT2D eigenvalue weighted by Gasteiger charge is 2.16. The van der Waals surface area contributed by atoms with Gasteiger partial charge in [-0.2, -0.15) is 0 Å². The summed E-state index contributed by atoms with van der Waals surface area (Å²) in [5, 5.41) is 0. The minimum absolute atomic E-state index is 0.00437. The summed E-state index contributed by atoms with van der Waals surface area (Å²) in [4.78, 5) is 13.2. The fourth-order valence-electron chi connectivity index (χ4n) is 1.73. The zero-order valence-electron chi connectivity index (χ0n) is 13.2. The van der Waals surface area contributed by atoms with Gasteiger partial charge >= 0.3 is 6.09 Å². The van der Waals surface area contributed by atoms with Crippen molar-refractivity contribution in [2.45, 2.75) is 24.8 Å². The van der Waals surface area contributed by atoms with Gasteiger partial charge in [-0.15, -0.1) is 0 Å². The average molecular weight is 396 g/mol. The van der Waals surface area contributed by atoms with Gasteiger partial charge in [0.2, 0.25) is 0 Å². The van der Waals surface area contributed by atoms with Crippen LogP contribution in [0.5, 0.6) is 11.5 Å². The summed E-state index contributed by atoms with van der Waals surface area (Å²) < 4.78 is 13.5. The van der Waals surface area contributed by atoms with Crippen LogP contribution < -0.4 is 9.47 Å². The van der Waals surface area contributed by atoms with Gasteiger partial charge in [-0.3, -0.25) is 0 Å². The number of rotatable bonds is 5. The van der Waals surface area contributed by atoms with E-state index in [1.54, 1.807) is 25.2 Å². The van der Waals surface area contributed by atoms with Crippen molar-refractivity contribution in [2.75, 3.05) is 7.05 Å². The van der Waals surface area contributed by atoms with Crippen LogP contribution >= 0.6 is 27.9 Å². The molecular formula is C17H18BrNO3S. The Balaban J connectivity index is 2.02. The Labute approximate surface area is 149 Å². The fraction of sp³-hybridized carbons (Fsp3) is 0.235. The van der Waals surface area contributed by atoms with E-state index in [-0.39, 0.29) is 6.10 Å². The molecule has 0 aliphatic rings. The molecule has 2 rings (SSSR count). The molecule has 0 aromatic heterocycles. The first-order valence-electron chi connectivity index (χ1n) is 7.10. The maximum atomic E-state index is 12.2. The molecule has 23 heavy (non-hydrogen) atoms. The summed E-state index contributed by atoms with van der Waals surface area (Å²) in [6.45, 7) is 3.85. The van der Waals surface area contributed by atoms with Crippen molar-refractivity contribution in [1.82, 2.24) is 4.31 Å². The lowest BCUT2D eigenvalue weighted by Gasteiger charge is -2.18. The lowest BCUT2D eigenvalue weighted by Crippen LogP contribution is -2.23. The number of nitrogens with zero attached hydrogens (tertiary/aromatic N) is 1. The minimum atomic E-state index is -0.460. The molecule has 0 bridgehead atoms. The van der Waals surface area contributed by atoms with E-state index in [9.17, 15) is 4.79 Å². The number of halogens is 1. The second-order valence-electron chi connectivity index (χ2n) is 5.02. The molecule has 0 unspecified atom stereocenters. The monoisotopic (exact) mass is 395 g/mol. The Morgan fingerprint density at radius 3 is 2.30 bits per heavy atom. The van der Waals surface area contributed by atoms with Crippen molar-refractivity contribution in [3.8, 4) is 11.5 Å². The fourth-order valence-corrected chi connectivity index (χ4v) is 2.69. The van der Waals surface area contributed by atoms with Gasteiger partial charge in [-0.1, -0.05) is 28.1 Å². The zero-order valence-corrected chi connectivity index (χ0v) is 15.6. The molecule has 1 amide bonds. The third-order valence-corrected chi connectivity index (χ3v) is 4.16. The Bertz CT molecular complexity index is 661. The van der Waals surface area contributed by atoms with E-state index in [0.717, 1.165) is 9.37 Å². The Kier molecular flexibility index (Phi) is 6.36. The summed E-state index contributed by atoms with van der Waals surface area (Å²) >= 11 is 4.68. The van der Waals surface area contributed by atoms with Crippen molar-refractivity contribution in [3.05, 3.63) is 53.0 Å². The van der Waals surface area contributed by atoms with Gasteiger partial charge < -0.3 is 9.47 Å². The molecule has 0 radical (unpaired) electrons. The van der Waals surface area contributed by atoms with Crippen molar-refractivity contribution >= 4 is 34.0 Å². The van der Waals surface area contributed by atoms with Crippen LogP contribution in [0.25, 0.3) is 0 Å². The highest BCUT2D eigenvalue weighted by molar-refractivity contribution is 9.10. The van der Waals surface area contributed by atoms with E-state index in [2.05, 4.69) is 15.9 Å². The van der Waals surface area contributed by atoms with Crippen molar-refractivity contribution < 1.29 is 14.3 Å². The third kappa shape index (κ3) is 5.48. The van der Waals surface area contributed by atoms with Crippen molar-refractivity contribution in [3.63, 3.8) is 0 Å². The molecular weight excluding hydrogens is 378 g/mol. The van der Waals surface area contributed by atoms with Gasteiger partial charge in [0.05, 0.1) is 6.10 Å². The van der Waals surface area contributed by atoms with Gasteiger partial charge in [-0.25, -0.2) is 9.10 Å². The molecule has 0 N–H and O–H groups in total. The van der Waals surface area contributed by atoms with E-state index >= 15 is 0 Å². The van der Waals surface area contributed by atoms with E-state index in [0.29, 0.717) is 11.5 Å². The van der Waals surface area contributed by atoms with Crippen LogP contribution in [0.4, 0.5) is 4.79 Å². The Morgan fingerprint density at radius 1 is 1.09 bits per heavy atom. The molecule has 0 atom stereocenters. The summed E-state index contributed by atoms with van der Waals surface area (Å²) in [5.41, 5.74) is 0. The molecule has 2 aromatic carbocycles. The predicted octanol–water partition coefficient (Wildman–Crippen LogP) is 5.37. The molecule has 0 saturated heterocycles. The average Bonchev–Trinajstić information content (AvgIpc) is 2.51. The maximum absolute atomic E-state index is 12.2. The number of hydrogen-bond acceptors (Lipinski definition) is 4. The van der Waals surface area contributed by atoms with Gasteiger partial charge in [0.15, 0.2) is 11.5 Å². The van der Waals surface area contributed by atoms with Crippen LogP contribution in [0.2, 0.25) is 0 Å². The number of hydrogen-bond donors (Lipinski definition) is 0. The van der Waals surface area contributed by atoms with Crippen LogP contribution in [0.3, 0.4) is 0 Å². The summed E-state index contributed by atoms with van der Waals surface area (Å²) in [5.74, 6) is 0.965. The first-order valence-corrected chi connectivity index (χ1v) is 8.67. The predicted molar refractivity (Wildman–Crippen MR) is 96.0 cm³/mol. The zero-order chi connectivity index (χ0) is 16.8. The standard InChI is InChI=1S/C17H18BrNO3S/c1-12(2)21-15-6-4-5-7-16(15)22-17(20)19(3)23-14-10-8-13(18)9-11-14/h4-12H,1-3H3. The van der Waals surface area contributed by atoms with E-state index in [1.807, 2.05) is 44.2 Å². The summed E-state index contributed by atoms with van der Waals surface area (Å²) in [6.07, 6.45) is -0.456. The molecule has 0 spiro atoms. The summed E-state index contributed by atoms with van der Waals surface area (Å²) in [7, 11) is 1.67. The molecule has 6 heteroatoms. The van der Waals surface area contributed by atoms with E-state index < -0.39 is 6.09 Å². The largest absolute Gasteiger partial charge is 0.487 e. The van der Waals surface area contributed by atoms with Crippen molar-refractivity contribution in [2.24, 2.45) is 0 Å². The normalized spacial score (nSPS) is 10.5. The highest BCUT2D eigenvalue weighted by atomic mass is 79.9. The van der Waals surface area contributed by atoms with Crippen LogP contribution in [-0.4, -0.2) is 23.6 Å². The second kappa shape index (κ2) is 8.26. The lowest BCUT2D eigenvalue weighted by molar-refractivity contribution is 0.180. The molecule has 2 aromatic rings. The van der Waals surface area contributed by atoms with Crippen LogP contribution in [-0.2, 0) is 0 Å². The number of carbonyl (C=O) groups is 1. The van der Waals surface area contributed by atoms with Crippen LogP contribution in [0.1, 0.15) is 13.8 Å². The quantitative estimate of drug-likeness (QED) is 0.637. The topological polar surface area (TPSA) is 38.8 Å². The second-order valence-corrected chi connectivity index (χ2v) is 7.14. The molecule has 0 saturated carbocycles. The van der Waals surface area contributed by atoms with Gasteiger partial charge in [0.25, 0.3) is 0 Å². The highest BCUT2D eigenvalue weighted by Crippen LogP contribution is 2.29. The van der Waals surface area contributed by atoms with E-state index in [1.165, 1.54) is 16.3 Å². The van der Waals surface area contributed by atoms with Crippen molar-refractivity contribution in [1.29, 1.82) is 0 Å². The summed E-state index contributed by atoms with van der Waals surface area (Å²) in [6, 6.07) is 14.8. The number of carbonyl (C=O) groups excluding carboxylic acids is 1. The van der Waals surface area contributed by atoms with Gasteiger partial charge in [-0.05, 0) is 62.2 Å². The molecule has 4 nitrogen and oxygen atoms in total. The van der Waals surface area contributed by atoms with Crippen LogP contribution in [0.15, 0.2) is 57.9 Å². The maximum Gasteiger partial charge on any atom is 0.425 e. The molecule has 0 aliphatic carbocycles. The molecule has 0 aliphatic heterocycles. The number of amides is 1. The van der Waals surface area contributed by atoms with Gasteiger partial charge in [0, 0.05) is 16.4 Å². The number of benzene rings is 2. The van der Waals surface area contributed by atoms with Gasteiger partial charge in [0.1, 0.15) is 0 Å². The minimum Gasteiger partial charge on any atom is -0.487 e. The SMILES string of the molecule is CC(C)Oc1ccccc1OC(=O)N(C)Sc1ccc(Br)cc1. The molecule has 122 valence electrons. The van der Waals surface area contributed by atoms with Crippen LogP contribution in [0, 0.1) is 0 Å². The molecule has 0 fully saturated rings. The number of para-hydroxylation sites is 2. The third-order valence-electron chi connectivity index (χ3n) is 2.72.